The van der Waals surface area contributed by atoms with Crippen molar-refractivity contribution in [2.45, 2.75) is 33.7 Å². The van der Waals surface area contributed by atoms with E-state index in [4.69, 9.17) is 0 Å². The molecule has 1 aromatic rings. The van der Waals surface area contributed by atoms with Gasteiger partial charge in [-0.2, -0.15) is 0 Å². The number of hydrogen-bond donors (Lipinski definition) is 0. The van der Waals surface area contributed by atoms with Crippen LogP contribution in [-0.2, 0) is 11.3 Å². The van der Waals surface area contributed by atoms with Crippen LogP contribution in [0.15, 0.2) is 24.3 Å². The molecule has 0 unspecified atom stereocenters. The van der Waals surface area contributed by atoms with Crippen molar-refractivity contribution in [3.8, 4) is 5.75 Å². The lowest BCUT2D eigenvalue weighted by Gasteiger charge is -2.37. The largest absolute Gasteiger partial charge is 0.573 e. The van der Waals surface area contributed by atoms with E-state index in [1.165, 1.54) is 12.1 Å². The van der Waals surface area contributed by atoms with Crippen molar-refractivity contribution in [2.75, 3.05) is 26.2 Å². The molecule has 0 aliphatic carbocycles. The average molecular weight is 344 g/mol. The van der Waals surface area contributed by atoms with E-state index >= 15 is 0 Å². The number of halogens is 3. The number of benzene rings is 1. The van der Waals surface area contributed by atoms with E-state index in [1.54, 1.807) is 12.1 Å². The summed E-state index contributed by atoms with van der Waals surface area (Å²) in [7, 11) is 0. The summed E-state index contributed by atoms with van der Waals surface area (Å²) in [4.78, 5) is 16.3. The maximum Gasteiger partial charge on any atom is 0.573 e. The molecule has 0 bridgehead atoms. The molecule has 0 aromatic heterocycles. The molecule has 4 nitrogen and oxygen atoms in total. The van der Waals surface area contributed by atoms with Crippen LogP contribution < -0.4 is 4.74 Å². The molecule has 1 aliphatic heterocycles. The summed E-state index contributed by atoms with van der Waals surface area (Å²) in [6.07, 6.45) is -4.67. The topological polar surface area (TPSA) is 32.8 Å². The van der Waals surface area contributed by atoms with Gasteiger partial charge in [0.2, 0.25) is 5.91 Å². The number of ether oxygens (including phenoxy) is 1. The van der Waals surface area contributed by atoms with E-state index in [0.717, 1.165) is 18.7 Å². The molecule has 7 heteroatoms. The monoisotopic (exact) mass is 344 g/mol. The highest BCUT2D eigenvalue weighted by Crippen LogP contribution is 2.23. The fourth-order valence-electron chi connectivity index (χ4n) is 2.64. The van der Waals surface area contributed by atoms with Gasteiger partial charge in [0, 0.05) is 38.1 Å². The van der Waals surface area contributed by atoms with Crippen molar-refractivity contribution in [1.29, 1.82) is 0 Å². The lowest BCUT2D eigenvalue weighted by atomic mass is 9.94. The Kier molecular flexibility index (Phi) is 5.42. The van der Waals surface area contributed by atoms with Crippen LogP contribution >= 0.6 is 0 Å². The summed E-state index contributed by atoms with van der Waals surface area (Å²) in [6, 6.07) is 5.91. The first-order valence-corrected chi connectivity index (χ1v) is 7.91. The van der Waals surface area contributed by atoms with E-state index in [0.29, 0.717) is 19.6 Å². The SMILES string of the molecule is CC(C)(C)C(=O)N1CCN(Cc2ccc(OC(F)(F)F)cc2)CC1. The molecule has 0 atom stereocenters. The van der Waals surface area contributed by atoms with Gasteiger partial charge >= 0.3 is 6.36 Å². The van der Waals surface area contributed by atoms with Gasteiger partial charge in [-0.3, -0.25) is 9.69 Å². The van der Waals surface area contributed by atoms with Crippen molar-refractivity contribution in [3.05, 3.63) is 29.8 Å². The number of amides is 1. The first kappa shape index (κ1) is 18.6. The van der Waals surface area contributed by atoms with Gasteiger partial charge < -0.3 is 9.64 Å². The zero-order valence-electron chi connectivity index (χ0n) is 14.2. The molecule has 1 heterocycles. The second-order valence-corrected chi connectivity index (χ2v) is 7.01. The third-order valence-electron chi connectivity index (χ3n) is 3.86. The minimum atomic E-state index is -4.67. The third-order valence-corrected chi connectivity index (χ3v) is 3.86. The van der Waals surface area contributed by atoms with Gasteiger partial charge in [-0.1, -0.05) is 32.9 Å². The Bertz CT molecular complexity index is 557. The molecule has 1 aliphatic rings. The number of nitrogens with zero attached hydrogens (tertiary/aromatic N) is 2. The van der Waals surface area contributed by atoms with Gasteiger partial charge in [0.05, 0.1) is 0 Å². The molecule has 134 valence electrons. The van der Waals surface area contributed by atoms with Gasteiger partial charge in [0.1, 0.15) is 5.75 Å². The van der Waals surface area contributed by atoms with Crippen molar-refractivity contribution >= 4 is 5.91 Å². The summed E-state index contributed by atoms with van der Waals surface area (Å²) >= 11 is 0. The Morgan fingerprint density at radius 1 is 1.04 bits per heavy atom. The Balaban J connectivity index is 1.85. The predicted octanol–water partition coefficient (Wildman–Crippen LogP) is 3.28. The van der Waals surface area contributed by atoms with Gasteiger partial charge in [-0.05, 0) is 17.7 Å². The highest BCUT2D eigenvalue weighted by Gasteiger charge is 2.31. The number of piperazine rings is 1. The molecule has 2 rings (SSSR count). The number of carbonyl (C=O) groups excluding carboxylic acids is 1. The Hall–Kier alpha value is -1.76. The van der Waals surface area contributed by atoms with Gasteiger partial charge in [-0.15, -0.1) is 13.2 Å². The van der Waals surface area contributed by atoms with Crippen molar-refractivity contribution < 1.29 is 22.7 Å². The number of rotatable bonds is 3. The molecular weight excluding hydrogens is 321 g/mol. The summed E-state index contributed by atoms with van der Waals surface area (Å²) in [5, 5.41) is 0. The molecule has 24 heavy (non-hydrogen) atoms. The fourth-order valence-corrected chi connectivity index (χ4v) is 2.64. The smallest absolute Gasteiger partial charge is 0.406 e. The van der Waals surface area contributed by atoms with Crippen molar-refractivity contribution in [2.24, 2.45) is 5.41 Å². The normalized spacial score (nSPS) is 17.0. The van der Waals surface area contributed by atoms with Gasteiger partial charge in [0.15, 0.2) is 0 Å². The molecule has 0 N–H and O–H groups in total. The van der Waals surface area contributed by atoms with E-state index < -0.39 is 6.36 Å². The zero-order valence-corrected chi connectivity index (χ0v) is 14.2. The van der Waals surface area contributed by atoms with Crippen LogP contribution in [0.4, 0.5) is 13.2 Å². The highest BCUT2D eigenvalue weighted by atomic mass is 19.4. The molecule has 1 aromatic carbocycles. The summed E-state index contributed by atoms with van der Waals surface area (Å²) < 4.78 is 40.3. The lowest BCUT2D eigenvalue weighted by Crippen LogP contribution is -2.51. The zero-order chi connectivity index (χ0) is 18.0. The van der Waals surface area contributed by atoms with E-state index in [1.807, 2.05) is 25.7 Å². The summed E-state index contributed by atoms with van der Waals surface area (Å²) in [6.45, 7) is 9.22. The van der Waals surface area contributed by atoms with E-state index in [9.17, 15) is 18.0 Å². The number of hydrogen-bond acceptors (Lipinski definition) is 3. The number of carbonyl (C=O) groups is 1. The second kappa shape index (κ2) is 7.01. The van der Waals surface area contributed by atoms with Crippen molar-refractivity contribution in [1.82, 2.24) is 9.80 Å². The van der Waals surface area contributed by atoms with Crippen LogP contribution in [0, 0.1) is 5.41 Å². The van der Waals surface area contributed by atoms with Crippen LogP contribution in [-0.4, -0.2) is 48.2 Å². The van der Waals surface area contributed by atoms with Crippen LogP contribution in [0.3, 0.4) is 0 Å². The van der Waals surface area contributed by atoms with Crippen LogP contribution in [0.25, 0.3) is 0 Å². The Morgan fingerprint density at radius 3 is 2.04 bits per heavy atom. The number of alkyl halides is 3. The van der Waals surface area contributed by atoms with Crippen LogP contribution in [0.5, 0.6) is 5.75 Å². The minimum absolute atomic E-state index is 0.149. The lowest BCUT2D eigenvalue weighted by molar-refractivity contribution is -0.274. The molecule has 0 radical (unpaired) electrons. The molecule has 1 fully saturated rings. The van der Waals surface area contributed by atoms with Gasteiger partial charge in [0.25, 0.3) is 0 Å². The Labute approximate surface area is 140 Å². The van der Waals surface area contributed by atoms with Crippen LogP contribution in [0.2, 0.25) is 0 Å². The predicted molar refractivity (Wildman–Crippen MR) is 84.4 cm³/mol. The first-order valence-electron chi connectivity index (χ1n) is 7.91. The summed E-state index contributed by atoms with van der Waals surface area (Å²) in [5.74, 6) is -0.0670. The highest BCUT2D eigenvalue weighted by molar-refractivity contribution is 5.81. The van der Waals surface area contributed by atoms with Crippen molar-refractivity contribution in [3.63, 3.8) is 0 Å². The van der Waals surface area contributed by atoms with Gasteiger partial charge in [-0.25, -0.2) is 0 Å². The standard InChI is InChI=1S/C17H23F3N2O2/c1-16(2,3)15(23)22-10-8-21(9-11-22)12-13-4-6-14(7-5-13)24-17(18,19)20/h4-7H,8-12H2,1-3H3. The van der Waals surface area contributed by atoms with E-state index in [2.05, 4.69) is 9.64 Å². The maximum absolute atomic E-state index is 12.2. The average Bonchev–Trinajstić information content (AvgIpc) is 2.47. The van der Waals surface area contributed by atoms with Crippen LogP contribution in [0.1, 0.15) is 26.3 Å². The first-order chi connectivity index (χ1) is 11.0. The molecular formula is C17H23F3N2O2. The molecule has 0 spiro atoms. The molecule has 0 saturated carbocycles. The van der Waals surface area contributed by atoms with E-state index in [-0.39, 0.29) is 17.1 Å². The molecule has 1 saturated heterocycles. The quantitative estimate of drug-likeness (QED) is 0.844. The second-order valence-electron chi connectivity index (χ2n) is 7.01. The minimum Gasteiger partial charge on any atom is -0.406 e. The maximum atomic E-state index is 12.2. The fraction of sp³-hybridized carbons (Fsp3) is 0.588. The molecule has 1 amide bonds. The third kappa shape index (κ3) is 5.40. The summed E-state index contributed by atoms with van der Waals surface area (Å²) in [5.41, 5.74) is 0.538. The Morgan fingerprint density at radius 2 is 1.58 bits per heavy atom.